The number of hydrogen-bond donors (Lipinski definition) is 3. The maximum Gasteiger partial charge on any atom is 0.170 e. The standard InChI is InChI=1S/C14H21N3O2/c1-19-14(6-3-7-14)10-16-9-11-4-2-5-12(8-11)13(15)17-18/h2,4-5,8,16,18H,3,6-7,9-10H2,1H3,(H2,15,17). The Kier molecular flexibility index (Phi) is 4.39. The molecular weight excluding hydrogens is 242 g/mol. The minimum Gasteiger partial charge on any atom is -0.409 e. The quantitative estimate of drug-likeness (QED) is 0.314. The summed E-state index contributed by atoms with van der Waals surface area (Å²) in [6, 6.07) is 7.66. The minimum absolute atomic E-state index is 0.0309. The maximum atomic E-state index is 8.66. The highest BCUT2D eigenvalue weighted by molar-refractivity contribution is 5.97. The van der Waals surface area contributed by atoms with Crippen LogP contribution in [-0.2, 0) is 11.3 Å². The predicted octanol–water partition coefficient (Wildman–Crippen LogP) is 1.44. The summed E-state index contributed by atoms with van der Waals surface area (Å²) < 4.78 is 5.56. The summed E-state index contributed by atoms with van der Waals surface area (Å²) in [6.45, 7) is 1.61. The molecule has 5 heteroatoms. The summed E-state index contributed by atoms with van der Waals surface area (Å²) >= 11 is 0. The highest BCUT2D eigenvalue weighted by atomic mass is 16.5. The summed E-state index contributed by atoms with van der Waals surface area (Å²) in [5.41, 5.74) is 7.44. The number of oxime groups is 1. The molecule has 4 N–H and O–H groups in total. The van der Waals surface area contributed by atoms with Gasteiger partial charge in [-0.05, 0) is 30.9 Å². The number of ether oxygens (including phenoxy) is 1. The first-order valence-electron chi connectivity index (χ1n) is 6.52. The van der Waals surface area contributed by atoms with Crippen LogP contribution in [0.3, 0.4) is 0 Å². The molecule has 2 rings (SSSR count). The van der Waals surface area contributed by atoms with Crippen molar-refractivity contribution in [3.8, 4) is 0 Å². The van der Waals surface area contributed by atoms with Crippen molar-refractivity contribution in [2.75, 3.05) is 13.7 Å². The van der Waals surface area contributed by atoms with E-state index in [0.29, 0.717) is 0 Å². The lowest BCUT2D eigenvalue weighted by molar-refractivity contribution is -0.0695. The molecule has 0 aromatic heterocycles. The lowest BCUT2D eigenvalue weighted by Crippen LogP contribution is -2.47. The highest BCUT2D eigenvalue weighted by Crippen LogP contribution is 2.34. The molecule has 1 saturated carbocycles. The summed E-state index contributed by atoms with van der Waals surface area (Å²) in [4.78, 5) is 0. The number of methoxy groups -OCH3 is 1. The minimum atomic E-state index is 0.0309. The van der Waals surface area contributed by atoms with Crippen LogP contribution in [-0.4, -0.2) is 30.3 Å². The SMILES string of the molecule is COC1(CNCc2cccc(/C(N)=N/O)c2)CCC1. The number of rotatable bonds is 6. The van der Waals surface area contributed by atoms with Crippen LogP contribution >= 0.6 is 0 Å². The van der Waals surface area contributed by atoms with E-state index in [-0.39, 0.29) is 11.4 Å². The second kappa shape index (κ2) is 6.04. The molecule has 0 radical (unpaired) electrons. The molecule has 0 amide bonds. The van der Waals surface area contributed by atoms with Crippen LogP contribution < -0.4 is 11.1 Å². The first kappa shape index (κ1) is 13.8. The number of nitrogens with zero attached hydrogens (tertiary/aromatic N) is 1. The Morgan fingerprint density at radius 3 is 2.89 bits per heavy atom. The second-order valence-electron chi connectivity index (χ2n) is 5.03. The van der Waals surface area contributed by atoms with Crippen LogP contribution in [0.1, 0.15) is 30.4 Å². The van der Waals surface area contributed by atoms with Gasteiger partial charge in [0.25, 0.3) is 0 Å². The number of amidine groups is 1. The molecule has 1 aliphatic rings. The Balaban J connectivity index is 1.89. The molecule has 0 bridgehead atoms. The van der Waals surface area contributed by atoms with Crippen LogP contribution in [0, 0.1) is 0 Å². The van der Waals surface area contributed by atoms with E-state index in [9.17, 15) is 0 Å². The molecule has 104 valence electrons. The fourth-order valence-corrected chi connectivity index (χ4v) is 2.36. The van der Waals surface area contributed by atoms with E-state index < -0.39 is 0 Å². The molecule has 0 saturated heterocycles. The van der Waals surface area contributed by atoms with Crippen LogP contribution in [0.2, 0.25) is 0 Å². The fourth-order valence-electron chi connectivity index (χ4n) is 2.36. The van der Waals surface area contributed by atoms with Gasteiger partial charge < -0.3 is 21.0 Å². The maximum absolute atomic E-state index is 8.66. The van der Waals surface area contributed by atoms with Crippen molar-refractivity contribution in [3.05, 3.63) is 35.4 Å². The van der Waals surface area contributed by atoms with Crippen molar-refractivity contribution >= 4 is 5.84 Å². The first-order valence-corrected chi connectivity index (χ1v) is 6.52. The van der Waals surface area contributed by atoms with Gasteiger partial charge in [0, 0.05) is 25.8 Å². The van der Waals surface area contributed by atoms with Gasteiger partial charge in [-0.1, -0.05) is 23.4 Å². The summed E-state index contributed by atoms with van der Waals surface area (Å²) in [5.74, 6) is 0.134. The third kappa shape index (κ3) is 3.24. The Bertz CT molecular complexity index is 450. The van der Waals surface area contributed by atoms with E-state index in [1.807, 2.05) is 24.3 Å². The molecule has 1 aromatic rings. The number of hydrogen-bond acceptors (Lipinski definition) is 4. The molecule has 0 heterocycles. The van der Waals surface area contributed by atoms with Gasteiger partial charge in [-0.15, -0.1) is 0 Å². The van der Waals surface area contributed by atoms with Gasteiger partial charge in [-0.2, -0.15) is 0 Å². The van der Waals surface area contributed by atoms with Gasteiger partial charge in [0.1, 0.15) is 0 Å². The van der Waals surface area contributed by atoms with Crippen molar-refractivity contribution in [3.63, 3.8) is 0 Å². The van der Waals surface area contributed by atoms with Gasteiger partial charge in [-0.25, -0.2) is 0 Å². The van der Waals surface area contributed by atoms with E-state index in [0.717, 1.165) is 37.1 Å². The number of nitrogens with two attached hydrogens (primary N) is 1. The van der Waals surface area contributed by atoms with Crippen molar-refractivity contribution in [2.24, 2.45) is 10.9 Å². The Morgan fingerprint density at radius 1 is 1.53 bits per heavy atom. The van der Waals surface area contributed by atoms with Gasteiger partial charge >= 0.3 is 0 Å². The molecule has 1 aromatic carbocycles. The van der Waals surface area contributed by atoms with Gasteiger partial charge in [0.15, 0.2) is 5.84 Å². The second-order valence-corrected chi connectivity index (χ2v) is 5.03. The fraction of sp³-hybridized carbons (Fsp3) is 0.500. The normalized spacial score (nSPS) is 18.1. The third-order valence-corrected chi connectivity index (χ3v) is 3.80. The van der Waals surface area contributed by atoms with Crippen LogP contribution in [0.15, 0.2) is 29.4 Å². The van der Waals surface area contributed by atoms with Crippen molar-refractivity contribution in [2.45, 2.75) is 31.4 Å². The molecule has 0 unspecified atom stereocenters. The Hall–Kier alpha value is -1.59. The Morgan fingerprint density at radius 2 is 2.32 bits per heavy atom. The van der Waals surface area contributed by atoms with E-state index in [4.69, 9.17) is 15.7 Å². The van der Waals surface area contributed by atoms with Crippen molar-refractivity contribution in [1.82, 2.24) is 5.32 Å². The third-order valence-electron chi connectivity index (χ3n) is 3.80. The lowest BCUT2D eigenvalue weighted by Gasteiger charge is -2.40. The largest absolute Gasteiger partial charge is 0.409 e. The van der Waals surface area contributed by atoms with E-state index in [1.54, 1.807) is 7.11 Å². The molecule has 1 aliphatic carbocycles. The molecule has 19 heavy (non-hydrogen) atoms. The lowest BCUT2D eigenvalue weighted by atomic mass is 9.80. The van der Waals surface area contributed by atoms with E-state index >= 15 is 0 Å². The van der Waals surface area contributed by atoms with Gasteiger partial charge in [0.2, 0.25) is 0 Å². The zero-order valence-corrected chi connectivity index (χ0v) is 11.2. The smallest absolute Gasteiger partial charge is 0.170 e. The molecule has 0 atom stereocenters. The summed E-state index contributed by atoms with van der Waals surface area (Å²) in [6.07, 6.45) is 3.50. The zero-order valence-electron chi connectivity index (χ0n) is 11.2. The monoisotopic (exact) mass is 263 g/mol. The van der Waals surface area contributed by atoms with Crippen LogP contribution in [0.25, 0.3) is 0 Å². The van der Waals surface area contributed by atoms with Crippen molar-refractivity contribution in [1.29, 1.82) is 0 Å². The zero-order chi connectivity index (χ0) is 13.7. The molecule has 5 nitrogen and oxygen atoms in total. The summed E-state index contributed by atoms with van der Waals surface area (Å²) in [7, 11) is 1.78. The average Bonchev–Trinajstić information content (AvgIpc) is 2.41. The highest BCUT2D eigenvalue weighted by Gasteiger charge is 2.36. The predicted molar refractivity (Wildman–Crippen MR) is 74.3 cm³/mol. The molecule has 1 fully saturated rings. The topological polar surface area (TPSA) is 79.9 Å². The molecule has 0 spiro atoms. The molecule has 0 aliphatic heterocycles. The van der Waals surface area contributed by atoms with Crippen molar-refractivity contribution < 1.29 is 9.94 Å². The Labute approximate surface area is 113 Å². The van der Waals surface area contributed by atoms with Crippen LogP contribution in [0.5, 0.6) is 0 Å². The number of benzene rings is 1. The number of nitrogens with one attached hydrogen (secondary N) is 1. The van der Waals surface area contributed by atoms with Gasteiger partial charge in [-0.3, -0.25) is 0 Å². The average molecular weight is 263 g/mol. The van der Waals surface area contributed by atoms with E-state index in [2.05, 4.69) is 10.5 Å². The van der Waals surface area contributed by atoms with Gasteiger partial charge in [0.05, 0.1) is 5.60 Å². The van der Waals surface area contributed by atoms with E-state index in [1.165, 1.54) is 6.42 Å². The first-order chi connectivity index (χ1) is 9.19. The summed E-state index contributed by atoms with van der Waals surface area (Å²) in [5, 5.41) is 15.1. The van der Waals surface area contributed by atoms with Crippen LogP contribution in [0.4, 0.5) is 0 Å². The molecular formula is C14H21N3O2.